The van der Waals surface area contributed by atoms with Crippen LogP contribution in [-0.2, 0) is 13.1 Å². The summed E-state index contributed by atoms with van der Waals surface area (Å²) in [5.74, 6) is 1.45. The van der Waals surface area contributed by atoms with Crippen LogP contribution in [0.3, 0.4) is 0 Å². The molecule has 174 valence electrons. The van der Waals surface area contributed by atoms with Crippen LogP contribution in [-0.4, -0.2) is 27.7 Å². The molecule has 1 N–H and O–H groups in total. The Bertz CT molecular complexity index is 1350. The van der Waals surface area contributed by atoms with Crippen LogP contribution in [0.15, 0.2) is 69.8 Å². The number of carbonyl (C=O) groups excluding carboxylic acids is 1. The molecular formula is C26H25BrN4O3. The molecule has 0 saturated heterocycles. The highest BCUT2D eigenvalue weighted by atomic mass is 79.9. The van der Waals surface area contributed by atoms with Gasteiger partial charge in [-0.05, 0) is 71.7 Å². The molecule has 0 radical (unpaired) electrons. The van der Waals surface area contributed by atoms with Crippen LogP contribution in [0.4, 0.5) is 5.69 Å². The van der Waals surface area contributed by atoms with Gasteiger partial charge >= 0.3 is 0 Å². The summed E-state index contributed by atoms with van der Waals surface area (Å²) in [6.45, 7) is 4.90. The van der Waals surface area contributed by atoms with Gasteiger partial charge in [-0.3, -0.25) is 9.48 Å². The lowest BCUT2D eigenvalue weighted by Crippen LogP contribution is -2.42. The van der Waals surface area contributed by atoms with Gasteiger partial charge in [0, 0.05) is 11.3 Å². The van der Waals surface area contributed by atoms with Gasteiger partial charge in [0.1, 0.15) is 17.7 Å². The standard InChI is InChI=1S/C26H25BrN4O3/c1-16-24(27)17(2)31(29-16)14-19-13-18(10-11-23(19)33-3)25-28-22-9-5-4-8-21(22)26(32)30(25)15-20-7-6-12-34-20/h4-13,25,28H,14-15H2,1-3H3/t25-/m1/s1. The fraction of sp³-hybridized carbons (Fsp3) is 0.231. The molecule has 2 aromatic heterocycles. The first-order chi connectivity index (χ1) is 16.5. The van der Waals surface area contributed by atoms with Gasteiger partial charge in [0.15, 0.2) is 0 Å². The number of nitrogens with one attached hydrogen (secondary N) is 1. The number of halogens is 1. The summed E-state index contributed by atoms with van der Waals surface area (Å²) >= 11 is 3.61. The summed E-state index contributed by atoms with van der Waals surface area (Å²) in [4.78, 5) is 15.3. The van der Waals surface area contributed by atoms with E-state index in [1.807, 2.05) is 67.1 Å². The molecule has 8 heteroatoms. The Morgan fingerprint density at radius 3 is 2.65 bits per heavy atom. The van der Waals surface area contributed by atoms with Gasteiger partial charge in [-0.15, -0.1) is 0 Å². The summed E-state index contributed by atoms with van der Waals surface area (Å²) in [6.07, 6.45) is 1.25. The molecule has 3 heterocycles. The third kappa shape index (κ3) is 3.98. The van der Waals surface area contributed by atoms with E-state index < -0.39 is 0 Å². The summed E-state index contributed by atoms with van der Waals surface area (Å²) in [5, 5.41) is 8.20. The molecule has 5 rings (SSSR count). The number of aryl methyl sites for hydroxylation is 1. The van der Waals surface area contributed by atoms with Crippen molar-refractivity contribution in [1.29, 1.82) is 0 Å². The van der Waals surface area contributed by atoms with Gasteiger partial charge in [-0.1, -0.05) is 18.2 Å². The Balaban J connectivity index is 1.55. The maximum absolute atomic E-state index is 13.5. The second kappa shape index (κ2) is 9.02. The maximum atomic E-state index is 13.5. The third-order valence-corrected chi connectivity index (χ3v) is 7.31. The second-order valence-corrected chi connectivity index (χ2v) is 9.11. The molecule has 0 saturated carbocycles. The van der Waals surface area contributed by atoms with Crippen LogP contribution in [0.2, 0.25) is 0 Å². The van der Waals surface area contributed by atoms with Gasteiger partial charge < -0.3 is 19.4 Å². The van der Waals surface area contributed by atoms with Crippen LogP contribution in [0.1, 0.15) is 44.8 Å². The van der Waals surface area contributed by atoms with Crippen molar-refractivity contribution in [2.45, 2.75) is 33.1 Å². The van der Waals surface area contributed by atoms with Gasteiger partial charge in [0.05, 0.1) is 47.9 Å². The van der Waals surface area contributed by atoms with Crippen LogP contribution < -0.4 is 10.1 Å². The molecule has 4 aromatic rings. The number of para-hydroxylation sites is 1. The monoisotopic (exact) mass is 520 g/mol. The number of aromatic nitrogens is 2. The third-order valence-electron chi connectivity index (χ3n) is 6.16. The lowest BCUT2D eigenvalue weighted by Gasteiger charge is -2.38. The van der Waals surface area contributed by atoms with Crippen molar-refractivity contribution in [2.75, 3.05) is 12.4 Å². The molecular weight excluding hydrogens is 496 g/mol. The number of methoxy groups -OCH3 is 1. The highest BCUT2D eigenvalue weighted by Gasteiger charge is 2.33. The number of amides is 1. The van der Waals surface area contributed by atoms with Crippen LogP contribution in [0.5, 0.6) is 5.75 Å². The smallest absolute Gasteiger partial charge is 0.258 e. The SMILES string of the molecule is COc1ccc([C@@H]2Nc3ccccc3C(=O)N2Cc2ccco2)cc1Cn1nc(C)c(Br)c1C. The van der Waals surface area contributed by atoms with E-state index in [-0.39, 0.29) is 12.1 Å². The number of hydrogen-bond acceptors (Lipinski definition) is 5. The van der Waals surface area contributed by atoms with Gasteiger partial charge in [0.2, 0.25) is 0 Å². The average Bonchev–Trinajstić information content (AvgIpc) is 3.45. The van der Waals surface area contributed by atoms with Crippen molar-refractivity contribution in [1.82, 2.24) is 14.7 Å². The number of furan rings is 1. The highest BCUT2D eigenvalue weighted by Crippen LogP contribution is 2.36. The summed E-state index contributed by atoms with van der Waals surface area (Å²) in [5.41, 5.74) is 5.37. The van der Waals surface area contributed by atoms with Crippen LogP contribution in [0, 0.1) is 13.8 Å². The number of ether oxygens (including phenoxy) is 1. The van der Waals surface area contributed by atoms with Crippen molar-refractivity contribution < 1.29 is 13.9 Å². The molecule has 0 aliphatic carbocycles. The molecule has 1 amide bonds. The van der Waals surface area contributed by atoms with Gasteiger partial charge in [-0.2, -0.15) is 5.10 Å². The number of carbonyl (C=O) groups is 1. The molecule has 7 nitrogen and oxygen atoms in total. The van der Waals surface area contributed by atoms with E-state index in [1.165, 1.54) is 0 Å². The second-order valence-electron chi connectivity index (χ2n) is 8.32. The minimum Gasteiger partial charge on any atom is -0.496 e. The molecule has 0 bridgehead atoms. The number of hydrogen-bond donors (Lipinski definition) is 1. The molecule has 1 atom stereocenters. The zero-order valence-electron chi connectivity index (χ0n) is 19.2. The molecule has 2 aromatic carbocycles. The van der Waals surface area contributed by atoms with Gasteiger partial charge in [0.25, 0.3) is 5.91 Å². The summed E-state index contributed by atoms with van der Waals surface area (Å²) in [6, 6.07) is 17.3. The lowest BCUT2D eigenvalue weighted by atomic mass is 10.0. The highest BCUT2D eigenvalue weighted by molar-refractivity contribution is 9.10. The molecule has 0 fully saturated rings. The van der Waals surface area contributed by atoms with Crippen LogP contribution in [0.25, 0.3) is 0 Å². The maximum Gasteiger partial charge on any atom is 0.258 e. The largest absolute Gasteiger partial charge is 0.496 e. The van der Waals surface area contributed by atoms with Crippen LogP contribution >= 0.6 is 15.9 Å². The molecule has 34 heavy (non-hydrogen) atoms. The van der Waals surface area contributed by atoms with E-state index in [2.05, 4.69) is 32.4 Å². The topological polar surface area (TPSA) is 72.5 Å². The first kappa shape index (κ1) is 22.3. The predicted molar refractivity (Wildman–Crippen MR) is 133 cm³/mol. The minimum atomic E-state index is -0.371. The van der Waals surface area contributed by atoms with Crippen molar-refractivity contribution in [3.05, 3.63) is 99.2 Å². The number of rotatable bonds is 6. The lowest BCUT2D eigenvalue weighted by molar-refractivity contribution is 0.0651. The molecule has 1 aliphatic heterocycles. The minimum absolute atomic E-state index is 0.0457. The van der Waals surface area contributed by atoms with E-state index >= 15 is 0 Å². The Morgan fingerprint density at radius 2 is 1.94 bits per heavy atom. The average molecular weight is 521 g/mol. The quantitative estimate of drug-likeness (QED) is 0.354. The Hall–Kier alpha value is -3.52. The molecule has 1 aliphatic rings. The van der Waals surface area contributed by atoms with E-state index in [0.717, 1.165) is 44.2 Å². The summed E-state index contributed by atoms with van der Waals surface area (Å²) in [7, 11) is 1.66. The van der Waals surface area contributed by atoms with E-state index in [0.29, 0.717) is 18.7 Å². The predicted octanol–water partition coefficient (Wildman–Crippen LogP) is 5.68. The van der Waals surface area contributed by atoms with Crippen molar-refractivity contribution in [3.63, 3.8) is 0 Å². The zero-order chi connectivity index (χ0) is 23.8. The first-order valence-electron chi connectivity index (χ1n) is 11.0. The van der Waals surface area contributed by atoms with Crippen molar-refractivity contribution in [2.24, 2.45) is 0 Å². The molecule has 0 unspecified atom stereocenters. The number of benzene rings is 2. The summed E-state index contributed by atoms with van der Waals surface area (Å²) < 4.78 is 14.2. The van der Waals surface area contributed by atoms with E-state index in [1.54, 1.807) is 18.3 Å². The Labute approximate surface area is 206 Å². The van der Waals surface area contributed by atoms with Crippen molar-refractivity contribution in [3.8, 4) is 5.75 Å². The van der Waals surface area contributed by atoms with Gasteiger partial charge in [-0.25, -0.2) is 0 Å². The fourth-order valence-electron chi connectivity index (χ4n) is 4.37. The fourth-order valence-corrected chi connectivity index (χ4v) is 4.66. The van der Waals surface area contributed by atoms with Crippen molar-refractivity contribution >= 4 is 27.5 Å². The Kier molecular flexibility index (Phi) is 5.91. The molecule has 0 spiro atoms. The number of anilines is 1. The Morgan fingerprint density at radius 1 is 1.12 bits per heavy atom. The van der Waals surface area contributed by atoms with E-state index in [9.17, 15) is 4.79 Å². The first-order valence-corrected chi connectivity index (χ1v) is 11.8. The number of nitrogens with zero attached hydrogens (tertiary/aromatic N) is 3. The zero-order valence-corrected chi connectivity index (χ0v) is 20.8. The normalized spacial score (nSPS) is 15.2. The van der Waals surface area contributed by atoms with E-state index in [4.69, 9.17) is 9.15 Å². The number of fused-ring (bicyclic) bond motifs is 1.